The fourth-order valence-electron chi connectivity index (χ4n) is 1.59. The van der Waals surface area contributed by atoms with Gasteiger partial charge in [-0.2, -0.15) is 0 Å². The Labute approximate surface area is 117 Å². The molecule has 3 aromatic heterocycles. The molecule has 7 nitrogen and oxygen atoms in total. The van der Waals surface area contributed by atoms with E-state index in [0.717, 1.165) is 33.6 Å². The zero-order chi connectivity index (χ0) is 13.1. The molecule has 0 aliphatic heterocycles. The largest absolute Gasteiger partial charge is 0.367 e. The summed E-state index contributed by atoms with van der Waals surface area (Å²) >= 11 is 3.22. The summed E-state index contributed by atoms with van der Waals surface area (Å²) in [5.41, 5.74) is 0.743. The van der Waals surface area contributed by atoms with E-state index in [2.05, 4.69) is 30.6 Å². The van der Waals surface area contributed by atoms with Crippen LogP contribution in [0.25, 0.3) is 10.3 Å². The Bertz CT molecular complexity index is 664. The smallest absolute Gasteiger partial charge is 0.176 e. The highest BCUT2D eigenvalue weighted by Gasteiger charge is 2.09. The maximum absolute atomic E-state index is 4.41. The van der Waals surface area contributed by atoms with Crippen LogP contribution in [0.15, 0.2) is 23.1 Å². The summed E-state index contributed by atoms with van der Waals surface area (Å²) < 4.78 is 3.76. The normalized spacial score (nSPS) is 11.0. The number of thioether (sulfide) groups is 1. The van der Waals surface area contributed by atoms with Crippen molar-refractivity contribution in [3.05, 3.63) is 18.7 Å². The van der Waals surface area contributed by atoms with Gasteiger partial charge in [-0.15, -0.1) is 16.4 Å². The average molecular weight is 293 g/mol. The third-order valence-electron chi connectivity index (χ3n) is 2.45. The van der Waals surface area contributed by atoms with Crippen LogP contribution >= 0.6 is 23.1 Å². The summed E-state index contributed by atoms with van der Waals surface area (Å²) in [4.78, 5) is 12.9. The lowest BCUT2D eigenvalue weighted by Crippen LogP contribution is -2.12. The van der Waals surface area contributed by atoms with E-state index in [9.17, 15) is 0 Å². The Balaban J connectivity index is 1.75. The highest BCUT2D eigenvalue weighted by atomic mass is 32.2. The van der Waals surface area contributed by atoms with Crippen molar-refractivity contribution in [2.24, 2.45) is 0 Å². The molecule has 3 aromatic rings. The van der Waals surface area contributed by atoms with Gasteiger partial charge in [-0.05, 0) is 6.26 Å². The zero-order valence-electron chi connectivity index (χ0n) is 10.1. The summed E-state index contributed by atoms with van der Waals surface area (Å²) in [7, 11) is 0. The number of aromatic nitrogens is 6. The number of thiazole rings is 1. The minimum absolute atomic E-state index is 0.724. The second-order valence-electron chi connectivity index (χ2n) is 3.65. The molecular weight excluding hydrogens is 282 g/mol. The quantitative estimate of drug-likeness (QED) is 0.714. The van der Waals surface area contributed by atoms with E-state index < -0.39 is 0 Å². The maximum atomic E-state index is 4.41. The maximum Gasteiger partial charge on any atom is 0.176 e. The van der Waals surface area contributed by atoms with E-state index >= 15 is 0 Å². The van der Waals surface area contributed by atoms with Crippen LogP contribution in [-0.2, 0) is 6.54 Å². The van der Waals surface area contributed by atoms with Gasteiger partial charge >= 0.3 is 0 Å². The number of rotatable bonds is 5. The van der Waals surface area contributed by atoms with Crippen LogP contribution in [0.4, 0.5) is 5.82 Å². The molecule has 19 heavy (non-hydrogen) atoms. The Kier molecular flexibility index (Phi) is 3.56. The van der Waals surface area contributed by atoms with E-state index in [0.29, 0.717) is 0 Å². The fraction of sp³-hybridized carbons (Fsp3) is 0.300. The van der Waals surface area contributed by atoms with Gasteiger partial charge in [-0.25, -0.2) is 15.0 Å². The second kappa shape index (κ2) is 5.49. The molecule has 0 bridgehead atoms. The molecule has 0 radical (unpaired) electrons. The monoisotopic (exact) mass is 293 g/mol. The summed E-state index contributed by atoms with van der Waals surface area (Å²) in [5, 5.41) is 11.0. The van der Waals surface area contributed by atoms with Gasteiger partial charge in [0.2, 0.25) is 0 Å². The zero-order valence-corrected chi connectivity index (χ0v) is 11.8. The summed E-state index contributed by atoms with van der Waals surface area (Å²) in [5.74, 6) is 0.822. The standard InChI is InChI=1S/C10H11N7S2/c1-18-10-15-9-7(19-10)8(12-6-13-9)11-2-4-17-5-3-14-16-17/h3,5-6H,2,4H2,1H3,(H,11,12,13). The molecule has 9 heteroatoms. The van der Waals surface area contributed by atoms with E-state index in [1.54, 1.807) is 34.0 Å². The van der Waals surface area contributed by atoms with Gasteiger partial charge < -0.3 is 5.32 Å². The molecule has 1 N–H and O–H groups in total. The van der Waals surface area contributed by atoms with E-state index in [1.165, 1.54) is 6.33 Å². The first-order valence-corrected chi connectivity index (χ1v) is 7.64. The minimum atomic E-state index is 0.724. The van der Waals surface area contributed by atoms with Crippen molar-refractivity contribution in [3.8, 4) is 0 Å². The van der Waals surface area contributed by atoms with Crippen molar-refractivity contribution < 1.29 is 0 Å². The van der Waals surface area contributed by atoms with Crippen molar-refractivity contribution in [1.29, 1.82) is 0 Å². The third-order valence-corrected chi connectivity index (χ3v) is 4.49. The average Bonchev–Trinajstić information content (AvgIpc) is 3.07. The number of fused-ring (bicyclic) bond motifs is 1. The lowest BCUT2D eigenvalue weighted by molar-refractivity contribution is 0.608. The fourth-order valence-corrected chi connectivity index (χ4v) is 3.07. The Hall–Kier alpha value is -1.74. The first-order valence-electron chi connectivity index (χ1n) is 5.60. The van der Waals surface area contributed by atoms with Crippen LogP contribution in [0.3, 0.4) is 0 Å². The van der Waals surface area contributed by atoms with Crippen LogP contribution < -0.4 is 5.32 Å². The highest BCUT2D eigenvalue weighted by molar-refractivity contribution is 8.00. The van der Waals surface area contributed by atoms with Crippen LogP contribution in [0.2, 0.25) is 0 Å². The first kappa shape index (κ1) is 12.3. The highest BCUT2D eigenvalue weighted by Crippen LogP contribution is 2.30. The molecule has 0 aliphatic rings. The molecule has 0 atom stereocenters. The Morgan fingerprint density at radius 2 is 2.37 bits per heavy atom. The molecule has 3 heterocycles. The second-order valence-corrected chi connectivity index (χ2v) is 5.70. The third kappa shape index (κ3) is 2.66. The molecule has 0 amide bonds. The summed E-state index contributed by atoms with van der Waals surface area (Å²) in [6, 6.07) is 0. The van der Waals surface area contributed by atoms with Crippen LogP contribution in [0.5, 0.6) is 0 Å². The molecule has 0 aliphatic carbocycles. The molecule has 3 rings (SSSR count). The van der Waals surface area contributed by atoms with Gasteiger partial charge in [0.15, 0.2) is 9.99 Å². The summed E-state index contributed by atoms with van der Waals surface area (Å²) in [6.45, 7) is 1.46. The molecule has 0 saturated carbocycles. The molecule has 0 aromatic carbocycles. The van der Waals surface area contributed by atoms with Crippen molar-refractivity contribution in [1.82, 2.24) is 29.9 Å². The molecule has 98 valence electrons. The van der Waals surface area contributed by atoms with E-state index in [1.807, 2.05) is 12.5 Å². The van der Waals surface area contributed by atoms with Crippen LogP contribution in [0, 0.1) is 0 Å². The molecule has 0 unspecified atom stereocenters. The van der Waals surface area contributed by atoms with Gasteiger partial charge in [0.25, 0.3) is 0 Å². The Morgan fingerprint density at radius 1 is 1.42 bits per heavy atom. The van der Waals surface area contributed by atoms with Crippen LogP contribution in [0.1, 0.15) is 0 Å². The number of hydrogen-bond donors (Lipinski definition) is 1. The van der Waals surface area contributed by atoms with Gasteiger partial charge in [0, 0.05) is 12.7 Å². The van der Waals surface area contributed by atoms with Gasteiger partial charge in [0.05, 0.1) is 12.7 Å². The van der Waals surface area contributed by atoms with Gasteiger partial charge in [-0.3, -0.25) is 4.68 Å². The van der Waals surface area contributed by atoms with Crippen molar-refractivity contribution >= 4 is 39.3 Å². The predicted molar refractivity (Wildman–Crippen MR) is 75.5 cm³/mol. The van der Waals surface area contributed by atoms with Crippen molar-refractivity contribution in [3.63, 3.8) is 0 Å². The van der Waals surface area contributed by atoms with E-state index in [4.69, 9.17) is 0 Å². The topological polar surface area (TPSA) is 81.4 Å². The number of hydrogen-bond acceptors (Lipinski definition) is 8. The molecular formula is C10H11N7S2. The van der Waals surface area contributed by atoms with Gasteiger partial charge in [0.1, 0.15) is 16.8 Å². The lowest BCUT2D eigenvalue weighted by Gasteiger charge is -2.05. The van der Waals surface area contributed by atoms with E-state index in [-0.39, 0.29) is 0 Å². The van der Waals surface area contributed by atoms with Crippen LogP contribution in [-0.4, -0.2) is 42.7 Å². The predicted octanol–water partition coefficient (Wildman–Crippen LogP) is 1.51. The first-order chi connectivity index (χ1) is 9.36. The summed E-state index contributed by atoms with van der Waals surface area (Å²) in [6.07, 6.45) is 7.03. The number of nitrogens with zero attached hydrogens (tertiary/aromatic N) is 6. The number of anilines is 1. The van der Waals surface area contributed by atoms with Gasteiger partial charge in [-0.1, -0.05) is 17.0 Å². The molecule has 0 fully saturated rings. The van der Waals surface area contributed by atoms with Crippen molar-refractivity contribution in [2.45, 2.75) is 10.9 Å². The molecule has 0 spiro atoms. The lowest BCUT2D eigenvalue weighted by atomic mass is 10.5. The molecule has 0 saturated heterocycles. The van der Waals surface area contributed by atoms with Crippen molar-refractivity contribution in [2.75, 3.05) is 18.1 Å². The Morgan fingerprint density at radius 3 is 3.16 bits per heavy atom. The number of nitrogens with one attached hydrogen (secondary N) is 1. The SMILES string of the molecule is CSc1nc2ncnc(NCCn3ccnn3)c2s1. The minimum Gasteiger partial charge on any atom is -0.367 e.